The van der Waals surface area contributed by atoms with E-state index in [1.807, 2.05) is 0 Å². The molecule has 0 spiro atoms. The Morgan fingerprint density at radius 2 is 1.93 bits per heavy atom. The standard InChI is InChI=1S/C20H34O7Si/c1-17(2,3)28(6,7)27-14-10-12-11-19(24)18(4,26-15(12)22)9-8-13(21)20(14,19)16(23)25-5/h12-14,21,24H,8-11H2,1-7H3/t12-,13+,14-,18+,19-,20+/m1/s1. The molecule has 0 radical (unpaired) electrons. The molecule has 0 unspecified atom stereocenters. The van der Waals surface area contributed by atoms with Gasteiger partial charge in [0.2, 0.25) is 0 Å². The van der Waals surface area contributed by atoms with Gasteiger partial charge in [0.15, 0.2) is 13.7 Å². The molecule has 0 aromatic rings. The first-order valence-electron chi connectivity index (χ1n) is 10.1. The minimum absolute atomic E-state index is 0.0614. The Labute approximate surface area is 167 Å². The van der Waals surface area contributed by atoms with E-state index >= 15 is 0 Å². The maximum atomic E-state index is 13.2. The molecule has 8 heteroatoms. The molecule has 6 atom stereocenters. The van der Waals surface area contributed by atoms with Gasteiger partial charge in [0.25, 0.3) is 0 Å². The summed E-state index contributed by atoms with van der Waals surface area (Å²) >= 11 is 0. The van der Waals surface area contributed by atoms with Crippen LogP contribution in [0.25, 0.3) is 0 Å². The van der Waals surface area contributed by atoms with Gasteiger partial charge in [-0.2, -0.15) is 0 Å². The van der Waals surface area contributed by atoms with Crippen molar-refractivity contribution in [3.8, 4) is 0 Å². The molecule has 0 aromatic carbocycles. The lowest BCUT2D eigenvalue weighted by Crippen LogP contribution is -2.82. The summed E-state index contributed by atoms with van der Waals surface area (Å²) in [5, 5.41) is 22.9. The molecular formula is C20H34O7Si. The summed E-state index contributed by atoms with van der Waals surface area (Å²) in [6, 6.07) is 0. The van der Waals surface area contributed by atoms with Gasteiger partial charge < -0.3 is 24.1 Å². The fourth-order valence-electron chi connectivity index (χ4n) is 5.21. The van der Waals surface area contributed by atoms with Crippen LogP contribution in [0.15, 0.2) is 0 Å². The van der Waals surface area contributed by atoms with E-state index in [0.29, 0.717) is 0 Å². The number of rotatable bonds is 3. The number of carbonyl (C=O) groups is 2. The van der Waals surface area contributed by atoms with Crippen LogP contribution in [-0.4, -0.2) is 61.0 Å². The Bertz CT molecular complexity index is 687. The van der Waals surface area contributed by atoms with Crippen molar-refractivity contribution in [2.45, 2.75) is 94.9 Å². The molecule has 0 aromatic heterocycles. The van der Waals surface area contributed by atoms with Crippen LogP contribution >= 0.6 is 0 Å². The second-order valence-electron chi connectivity index (χ2n) is 10.4. The predicted molar refractivity (Wildman–Crippen MR) is 104 cm³/mol. The Morgan fingerprint density at radius 3 is 2.46 bits per heavy atom. The number of ether oxygens (including phenoxy) is 2. The normalized spacial score (nSPS) is 43.3. The molecule has 28 heavy (non-hydrogen) atoms. The monoisotopic (exact) mass is 414 g/mol. The van der Waals surface area contributed by atoms with Crippen LogP contribution < -0.4 is 0 Å². The Morgan fingerprint density at radius 1 is 1.32 bits per heavy atom. The van der Waals surface area contributed by atoms with E-state index < -0.39 is 49.0 Å². The van der Waals surface area contributed by atoms with Crippen molar-refractivity contribution in [2.24, 2.45) is 11.3 Å². The summed E-state index contributed by atoms with van der Waals surface area (Å²) in [6.45, 7) is 12.0. The fourth-order valence-corrected chi connectivity index (χ4v) is 6.56. The Balaban J connectivity index is 2.21. The molecule has 2 N–H and O–H groups in total. The number of aliphatic hydroxyl groups is 2. The summed E-state index contributed by atoms with van der Waals surface area (Å²) in [5.41, 5.74) is -4.72. The molecule has 3 fully saturated rings. The maximum absolute atomic E-state index is 13.2. The highest BCUT2D eigenvalue weighted by atomic mass is 28.4. The van der Waals surface area contributed by atoms with Crippen LogP contribution in [0.1, 0.15) is 53.4 Å². The molecule has 1 aliphatic heterocycles. The SMILES string of the molecule is COC(=O)[C@]12[C@@H](O)CC[C@]3(C)OC(=O)[C@H](C[C@H]1O[Si](C)(C)C(C)(C)C)C[C@]23O. The van der Waals surface area contributed by atoms with E-state index in [-0.39, 0.29) is 36.7 Å². The molecule has 1 saturated heterocycles. The quantitative estimate of drug-likeness (QED) is 0.539. The summed E-state index contributed by atoms with van der Waals surface area (Å²) in [4.78, 5) is 25.9. The Hall–Kier alpha value is -0.963. The number of esters is 2. The van der Waals surface area contributed by atoms with E-state index in [4.69, 9.17) is 13.9 Å². The van der Waals surface area contributed by atoms with Crippen LogP contribution in [0, 0.1) is 11.3 Å². The van der Waals surface area contributed by atoms with Crippen molar-refractivity contribution in [2.75, 3.05) is 7.11 Å². The molecule has 2 saturated carbocycles. The van der Waals surface area contributed by atoms with Gasteiger partial charge in [-0.05, 0) is 50.7 Å². The first-order chi connectivity index (χ1) is 12.7. The van der Waals surface area contributed by atoms with Gasteiger partial charge in [-0.1, -0.05) is 20.8 Å². The van der Waals surface area contributed by atoms with Crippen molar-refractivity contribution in [1.29, 1.82) is 0 Å². The lowest BCUT2D eigenvalue weighted by atomic mass is 9.46. The second kappa shape index (κ2) is 6.27. The average Bonchev–Trinajstić information content (AvgIpc) is 2.55. The molecule has 2 bridgehead atoms. The lowest BCUT2D eigenvalue weighted by molar-refractivity contribution is -0.326. The third-order valence-electron chi connectivity index (χ3n) is 7.95. The van der Waals surface area contributed by atoms with Gasteiger partial charge in [0.05, 0.1) is 25.2 Å². The number of fused-ring (bicyclic) bond motifs is 1. The van der Waals surface area contributed by atoms with Crippen LogP contribution in [0.5, 0.6) is 0 Å². The lowest BCUT2D eigenvalue weighted by Gasteiger charge is -2.66. The highest BCUT2D eigenvalue weighted by Gasteiger charge is 2.79. The minimum Gasteiger partial charge on any atom is -0.468 e. The highest BCUT2D eigenvalue weighted by Crippen LogP contribution is 2.63. The molecule has 1 heterocycles. The Kier molecular flexibility index (Phi) is 4.86. The van der Waals surface area contributed by atoms with E-state index in [1.165, 1.54) is 7.11 Å². The summed E-state index contributed by atoms with van der Waals surface area (Å²) in [5.74, 6) is -1.64. The van der Waals surface area contributed by atoms with Gasteiger partial charge >= 0.3 is 11.9 Å². The highest BCUT2D eigenvalue weighted by molar-refractivity contribution is 6.74. The summed E-state index contributed by atoms with van der Waals surface area (Å²) in [7, 11) is -1.14. The van der Waals surface area contributed by atoms with Crippen molar-refractivity contribution in [1.82, 2.24) is 0 Å². The van der Waals surface area contributed by atoms with Gasteiger partial charge in [-0.25, -0.2) is 0 Å². The smallest absolute Gasteiger partial charge is 0.320 e. The van der Waals surface area contributed by atoms with Gasteiger partial charge in [-0.15, -0.1) is 0 Å². The molecule has 7 nitrogen and oxygen atoms in total. The largest absolute Gasteiger partial charge is 0.468 e. The van der Waals surface area contributed by atoms with Crippen LogP contribution in [-0.2, 0) is 23.5 Å². The molecule has 0 amide bonds. The molecule has 2 aliphatic carbocycles. The second-order valence-corrected chi connectivity index (χ2v) is 15.2. The summed E-state index contributed by atoms with van der Waals surface area (Å²) in [6.07, 6.45) is -1.21. The zero-order valence-electron chi connectivity index (χ0n) is 18.0. The molecule has 3 rings (SSSR count). The number of carbonyl (C=O) groups excluding carboxylic acids is 2. The zero-order chi connectivity index (χ0) is 21.3. The fraction of sp³-hybridized carbons (Fsp3) is 0.900. The minimum atomic E-state index is -2.39. The van der Waals surface area contributed by atoms with E-state index in [0.717, 1.165) is 0 Å². The third-order valence-corrected chi connectivity index (χ3v) is 12.4. The first kappa shape index (κ1) is 21.7. The topological polar surface area (TPSA) is 102 Å². The van der Waals surface area contributed by atoms with E-state index in [2.05, 4.69) is 33.9 Å². The van der Waals surface area contributed by atoms with Crippen LogP contribution in [0.3, 0.4) is 0 Å². The van der Waals surface area contributed by atoms with Gasteiger partial charge in [0.1, 0.15) is 11.2 Å². The van der Waals surface area contributed by atoms with Crippen LogP contribution in [0.4, 0.5) is 0 Å². The first-order valence-corrected chi connectivity index (χ1v) is 13.0. The van der Waals surface area contributed by atoms with E-state index in [9.17, 15) is 19.8 Å². The zero-order valence-corrected chi connectivity index (χ0v) is 19.0. The van der Waals surface area contributed by atoms with E-state index in [1.54, 1.807) is 6.92 Å². The number of hydrogen-bond donors (Lipinski definition) is 2. The van der Waals surface area contributed by atoms with Gasteiger partial charge in [-0.3, -0.25) is 9.59 Å². The molecular weight excluding hydrogens is 380 g/mol. The number of hydrogen-bond acceptors (Lipinski definition) is 7. The van der Waals surface area contributed by atoms with Crippen molar-refractivity contribution in [3.05, 3.63) is 0 Å². The summed E-state index contributed by atoms with van der Waals surface area (Å²) < 4.78 is 17.4. The number of methoxy groups -OCH3 is 1. The molecule has 160 valence electrons. The van der Waals surface area contributed by atoms with Gasteiger partial charge in [0, 0.05) is 0 Å². The van der Waals surface area contributed by atoms with Crippen molar-refractivity contribution in [3.63, 3.8) is 0 Å². The predicted octanol–water partition coefficient (Wildman–Crippen LogP) is 2.15. The molecule has 3 aliphatic rings. The third kappa shape index (κ3) is 2.57. The van der Waals surface area contributed by atoms with Crippen molar-refractivity contribution >= 4 is 20.3 Å². The maximum Gasteiger partial charge on any atom is 0.320 e. The number of aliphatic hydroxyl groups excluding tert-OH is 1. The average molecular weight is 415 g/mol. The van der Waals surface area contributed by atoms with Crippen molar-refractivity contribution < 1.29 is 33.7 Å². The van der Waals surface area contributed by atoms with Crippen LogP contribution in [0.2, 0.25) is 18.1 Å².